The first-order valence-electron chi connectivity index (χ1n) is 10.0. The number of carbonyl (C=O) groups is 3. The largest absolute Gasteiger partial charge is 0.481 e. The van der Waals surface area contributed by atoms with E-state index in [0.29, 0.717) is 29.9 Å². The van der Waals surface area contributed by atoms with Gasteiger partial charge in [0.15, 0.2) is 0 Å². The second-order valence-corrected chi connectivity index (χ2v) is 7.10. The fourth-order valence-electron chi connectivity index (χ4n) is 2.94. The highest BCUT2D eigenvalue weighted by atomic mass is 19.1. The van der Waals surface area contributed by atoms with Crippen molar-refractivity contribution < 1.29 is 34.1 Å². The Bertz CT molecular complexity index is 904. The van der Waals surface area contributed by atoms with E-state index < -0.39 is 36.7 Å². The van der Waals surface area contributed by atoms with Gasteiger partial charge in [-0.15, -0.1) is 5.10 Å². The summed E-state index contributed by atoms with van der Waals surface area (Å²) in [7, 11) is 0. The van der Waals surface area contributed by atoms with Crippen molar-refractivity contribution in [2.24, 2.45) is 0 Å². The Kier molecular flexibility index (Phi) is 9.54. The molecule has 2 atom stereocenters. The average Bonchev–Trinajstić information content (AvgIpc) is 3.22. The predicted octanol–water partition coefficient (Wildman–Crippen LogP) is 1.33. The normalized spacial score (nSPS) is 12.8. The van der Waals surface area contributed by atoms with Gasteiger partial charge in [0, 0.05) is 12.1 Å². The first kappa shape index (κ1) is 24.7. The maximum absolute atomic E-state index is 12.3. The Labute approximate surface area is 183 Å². The van der Waals surface area contributed by atoms with Crippen LogP contribution in [0.1, 0.15) is 31.4 Å². The van der Waals surface area contributed by atoms with Crippen molar-refractivity contribution in [2.45, 2.75) is 44.2 Å². The molecule has 2 aromatic rings. The van der Waals surface area contributed by atoms with Crippen LogP contribution in [-0.2, 0) is 20.8 Å². The van der Waals surface area contributed by atoms with Gasteiger partial charge >= 0.3 is 17.9 Å². The number of nitrogens with one attached hydrogen (secondary N) is 2. The van der Waals surface area contributed by atoms with Crippen LogP contribution < -0.4 is 10.6 Å². The molecule has 0 aliphatic rings. The number of aryl methyl sites for hydroxylation is 1. The molecular formula is C20H26FN5O6. The van der Waals surface area contributed by atoms with Crippen molar-refractivity contribution in [3.05, 3.63) is 36.2 Å². The molecule has 174 valence electrons. The van der Waals surface area contributed by atoms with Crippen molar-refractivity contribution in [3.8, 4) is 5.69 Å². The fraction of sp³-hybridized carbons (Fsp3) is 0.450. The number of carboxylic acids is 3. The zero-order chi connectivity index (χ0) is 23.5. The van der Waals surface area contributed by atoms with E-state index in [2.05, 4.69) is 20.9 Å². The molecule has 12 heteroatoms. The summed E-state index contributed by atoms with van der Waals surface area (Å²) < 4.78 is 13.8. The number of rotatable bonds is 15. The quantitative estimate of drug-likeness (QED) is 0.266. The predicted molar refractivity (Wildman–Crippen MR) is 112 cm³/mol. The van der Waals surface area contributed by atoms with Crippen molar-refractivity contribution in [1.82, 2.24) is 20.3 Å². The van der Waals surface area contributed by atoms with Crippen molar-refractivity contribution in [3.63, 3.8) is 0 Å². The lowest BCUT2D eigenvalue weighted by Crippen LogP contribution is -2.40. The lowest BCUT2D eigenvalue weighted by molar-refractivity contribution is -0.140. The molecule has 1 aromatic carbocycles. The van der Waals surface area contributed by atoms with Crippen LogP contribution in [0.15, 0.2) is 30.5 Å². The third-order valence-electron chi connectivity index (χ3n) is 4.65. The monoisotopic (exact) mass is 451 g/mol. The number of aromatic nitrogens is 3. The summed E-state index contributed by atoms with van der Waals surface area (Å²) in [6.45, 7) is -0.355. The van der Waals surface area contributed by atoms with Crippen LogP contribution >= 0.6 is 0 Å². The van der Waals surface area contributed by atoms with Crippen LogP contribution in [-0.4, -0.2) is 73.5 Å². The molecule has 0 radical (unpaired) electrons. The van der Waals surface area contributed by atoms with Gasteiger partial charge < -0.3 is 26.0 Å². The van der Waals surface area contributed by atoms with Crippen molar-refractivity contribution in [2.75, 3.05) is 18.5 Å². The van der Waals surface area contributed by atoms with Crippen LogP contribution in [0.2, 0.25) is 0 Å². The zero-order valence-electron chi connectivity index (χ0n) is 17.3. The van der Waals surface area contributed by atoms with E-state index in [1.807, 2.05) is 0 Å². The first-order chi connectivity index (χ1) is 15.3. The minimum atomic E-state index is -1.19. The second kappa shape index (κ2) is 12.3. The molecule has 0 fully saturated rings. The number of anilines is 1. The number of nitrogens with zero attached hydrogens (tertiary/aromatic N) is 3. The average molecular weight is 451 g/mol. The van der Waals surface area contributed by atoms with Gasteiger partial charge in [-0.25, -0.2) is 9.48 Å². The number of hydrogen-bond donors (Lipinski definition) is 5. The van der Waals surface area contributed by atoms with Crippen LogP contribution in [0.3, 0.4) is 0 Å². The highest BCUT2D eigenvalue weighted by molar-refractivity contribution is 5.77. The summed E-state index contributed by atoms with van der Waals surface area (Å²) in [5.41, 5.74) is 1.91. The number of halogens is 1. The standard InChI is InChI=1S/C20H26FN5O6/c21-10-1-2-14-12-26(25-24-14)15-5-3-13(4-6-15)23-17(20(31)32)9-11-22-16(19(29)30)7-8-18(27)28/h3-6,12,16-17,22-23H,1-2,7-11H2,(H,27,28)(H,29,30)(H,31,32)/t16-,17+/m0/s1. The van der Waals surface area contributed by atoms with Gasteiger partial charge in [0.2, 0.25) is 0 Å². The number of hydrogen-bond acceptors (Lipinski definition) is 7. The van der Waals surface area contributed by atoms with Crippen LogP contribution in [0.5, 0.6) is 0 Å². The maximum atomic E-state index is 12.3. The smallest absolute Gasteiger partial charge is 0.326 e. The van der Waals surface area contributed by atoms with Crippen molar-refractivity contribution in [1.29, 1.82) is 0 Å². The Morgan fingerprint density at radius 3 is 2.31 bits per heavy atom. The van der Waals surface area contributed by atoms with Gasteiger partial charge in [-0.3, -0.25) is 14.0 Å². The topological polar surface area (TPSA) is 167 Å². The van der Waals surface area contributed by atoms with Crippen LogP contribution in [0, 0.1) is 0 Å². The van der Waals surface area contributed by atoms with Gasteiger partial charge in [0.05, 0.1) is 24.3 Å². The molecule has 2 rings (SSSR count). The highest BCUT2D eigenvalue weighted by Crippen LogP contribution is 2.15. The summed E-state index contributed by atoms with van der Waals surface area (Å²) >= 11 is 0. The molecule has 0 saturated heterocycles. The minimum absolute atomic E-state index is 0.0687. The van der Waals surface area contributed by atoms with Crippen LogP contribution in [0.25, 0.3) is 5.69 Å². The van der Waals surface area contributed by atoms with E-state index in [4.69, 9.17) is 10.2 Å². The summed E-state index contributed by atoms with van der Waals surface area (Å²) in [6.07, 6.45) is 2.24. The second-order valence-electron chi connectivity index (χ2n) is 7.10. The van der Waals surface area contributed by atoms with Crippen LogP contribution in [0.4, 0.5) is 10.1 Å². The lowest BCUT2D eigenvalue weighted by atomic mass is 10.1. The molecule has 0 saturated carbocycles. The lowest BCUT2D eigenvalue weighted by Gasteiger charge is -2.18. The first-order valence-corrected chi connectivity index (χ1v) is 10.0. The molecule has 0 aliphatic heterocycles. The molecule has 1 heterocycles. The zero-order valence-corrected chi connectivity index (χ0v) is 17.3. The van der Waals surface area contributed by atoms with E-state index in [1.54, 1.807) is 35.1 Å². The van der Waals surface area contributed by atoms with Crippen molar-refractivity contribution >= 4 is 23.6 Å². The van der Waals surface area contributed by atoms with E-state index in [0.717, 1.165) is 0 Å². The van der Waals surface area contributed by atoms with Gasteiger partial charge in [0.1, 0.15) is 12.1 Å². The molecule has 1 aromatic heterocycles. The Morgan fingerprint density at radius 1 is 1.03 bits per heavy atom. The molecule has 5 N–H and O–H groups in total. The van der Waals surface area contributed by atoms with Gasteiger partial charge in [-0.2, -0.15) is 0 Å². The summed E-state index contributed by atoms with van der Waals surface area (Å²) in [5.74, 6) is -3.40. The number of carboxylic acid groups (broad SMARTS) is 3. The Balaban J connectivity index is 1.92. The third kappa shape index (κ3) is 7.95. The minimum Gasteiger partial charge on any atom is -0.481 e. The van der Waals surface area contributed by atoms with E-state index >= 15 is 0 Å². The van der Waals surface area contributed by atoms with Gasteiger partial charge in [-0.1, -0.05) is 5.21 Å². The summed E-state index contributed by atoms with van der Waals surface area (Å²) in [4.78, 5) is 33.4. The summed E-state index contributed by atoms with van der Waals surface area (Å²) in [6, 6.07) is 4.74. The number of aliphatic carboxylic acids is 3. The van der Waals surface area contributed by atoms with E-state index in [1.165, 1.54) is 0 Å². The third-order valence-corrected chi connectivity index (χ3v) is 4.65. The molecule has 0 spiro atoms. The molecule has 0 bridgehead atoms. The Hall–Kier alpha value is -3.54. The SMILES string of the molecule is O=C(O)CC[C@H](NCC[C@@H](Nc1ccc(-n2cc(CCCF)nn2)cc1)C(=O)O)C(=O)O. The molecule has 0 aliphatic carbocycles. The maximum Gasteiger partial charge on any atom is 0.326 e. The fourth-order valence-corrected chi connectivity index (χ4v) is 2.94. The van der Waals surface area contributed by atoms with Gasteiger partial charge in [0.25, 0.3) is 0 Å². The van der Waals surface area contributed by atoms with E-state index in [9.17, 15) is 23.9 Å². The molecule has 32 heavy (non-hydrogen) atoms. The molecular weight excluding hydrogens is 425 g/mol. The summed E-state index contributed by atoms with van der Waals surface area (Å²) in [5, 5.41) is 40.8. The Morgan fingerprint density at radius 2 is 1.72 bits per heavy atom. The number of alkyl halides is 1. The molecule has 11 nitrogen and oxygen atoms in total. The number of benzene rings is 1. The molecule has 0 unspecified atom stereocenters. The van der Waals surface area contributed by atoms with E-state index in [-0.39, 0.29) is 25.8 Å². The highest BCUT2D eigenvalue weighted by Gasteiger charge is 2.21. The van der Waals surface area contributed by atoms with Gasteiger partial charge in [-0.05, 0) is 56.5 Å². The molecule has 0 amide bonds.